The highest BCUT2D eigenvalue weighted by molar-refractivity contribution is 7.40. The lowest BCUT2D eigenvalue weighted by atomic mass is 10.4. The average Bonchev–Trinajstić information content (AvgIpc) is 3.01. The van der Waals surface area contributed by atoms with Gasteiger partial charge in [0.2, 0.25) is 0 Å². The van der Waals surface area contributed by atoms with E-state index in [4.69, 9.17) is 9.05 Å². The van der Waals surface area contributed by atoms with Crippen LogP contribution >= 0.6 is 31.3 Å². The van der Waals surface area contributed by atoms with Crippen LogP contribution in [0.2, 0.25) is 0 Å². The molecule has 18 heavy (non-hydrogen) atoms. The quantitative estimate of drug-likeness (QED) is 0.753. The van der Waals surface area contributed by atoms with Crippen LogP contribution in [0.1, 0.15) is 9.75 Å². The first-order valence-electron chi connectivity index (χ1n) is 5.64. The molecule has 0 bridgehead atoms. The third-order valence-electron chi connectivity index (χ3n) is 2.26. The molecule has 1 N–H and O–H groups in total. The predicted octanol–water partition coefficient (Wildman–Crippen LogP) is 3.85. The van der Waals surface area contributed by atoms with E-state index in [1.807, 2.05) is 22.9 Å². The summed E-state index contributed by atoms with van der Waals surface area (Å²) in [6.45, 7) is 1.00. The fourth-order valence-corrected chi connectivity index (χ4v) is 3.35. The zero-order valence-corrected chi connectivity index (χ0v) is 12.3. The van der Waals surface area contributed by atoms with Gasteiger partial charge in [-0.25, -0.2) is 0 Å². The Balaban J connectivity index is 1.53. The standard InChI is InChI=1S/C12H15O3PS2/c13-16(14-7-5-11-3-1-9-17-11)15-8-6-12-4-2-10-18-12/h1-4,9-10,13H,5-8H2. The minimum absolute atomic E-state index is 0.502. The second kappa shape index (κ2) is 8.00. The topological polar surface area (TPSA) is 38.7 Å². The summed E-state index contributed by atoms with van der Waals surface area (Å²) in [5.41, 5.74) is 0. The lowest BCUT2D eigenvalue weighted by molar-refractivity contribution is 0.204. The van der Waals surface area contributed by atoms with E-state index in [0.29, 0.717) is 13.2 Å². The summed E-state index contributed by atoms with van der Waals surface area (Å²) >= 11 is 3.39. The highest BCUT2D eigenvalue weighted by Crippen LogP contribution is 2.33. The number of hydrogen-bond acceptors (Lipinski definition) is 5. The summed E-state index contributed by atoms with van der Waals surface area (Å²) in [5.74, 6) is 0. The zero-order chi connectivity index (χ0) is 12.6. The molecule has 0 aromatic carbocycles. The van der Waals surface area contributed by atoms with E-state index >= 15 is 0 Å². The van der Waals surface area contributed by atoms with E-state index in [9.17, 15) is 4.89 Å². The van der Waals surface area contributed by atoms with Crippen molar-refractivity contribution >= 4 is 31.3 Å². The van der Waals surface area contributed by atoms with Crippen LogP contribution < -0.4 is 0 Å². The fourth-order valence-electron chi connectivity index (χ4n) is 1.40. The van der Waals surface area contributed by atoms with Gasteiger partial charge in [-0.2, -0.15) is 0 Å². The van der Waals surface area contributed by atoms with E-state index in [-0.39, 0.29) is 0 Å². The molecular weight excluding hydrogens is 287 g/mol. The van der Waals surface area contributed by atoms with Gasteiger partial charge in [0.15, 0.2) is 0 Å². The lowest BCUT2D eigenvalue weighted by Gasteiger charge is -2.09. The Morgan fingerprint density at radius 1 is 0.944 bits per heavy atom. The van der Waals surface area contributed by atoms with E-state index in [1.54, 1.807) is 22.7 Å². The Bertz CT molecular complexity index is 376. The van der Waals surface area contributed by atoms with Gasteiger partial charge in [0.25, 0.3) is 0 Å². The first-order chi connectivity index (χ1) is 8.84. The third-order valence-corrected chi connectivity index (χ3v) is 4.94. The summed E-state index contributed by atoms with van der Waals surface area (Å²) < 4.78 is 10.5. The van der Waals surface area contributed by atoms with Gasteiger partial charge < -0.3 is 13.9 Å². The number of rotatable bonds is 8. The summed E-state index contributed by atoms with van der Waals surface area (Å²) in [5, 5.41) is 4.07. The van der Waals surface area contributed by atoms with Crippen molar-refractivity contribution in [1.82, 2.24) is 0 Å². The molecule has 0 saturated carbocycles. The molecule has 0 fully saturated rings. The van der Waals surface area contributed by atoms with E-state index in [0.717, 1.165) is 12.8 Å². The van der Waals surface area contributed by atoms with Crippen LogP contribution in [-0.4, -0.2) is 18.1 Å². The van der Waals surface area contributed by atoms with Crippen molar-refractivity contribution in [1.29, 1.82) is 0 Å². The van der Waals surface area contributed by atoms with Crippen molar-refractivity contribution in [2.75, 3.05) is 13.2 Å². The Morgan fingerprint density at radius 2 is 1.44 bits per heavy atom. The summed E-state index contributed by atoms with van der Waals surface area (Å²) in [7, 11) is -1.73. The minimum Gasteiger partial charge on any atom is -0.328 e. The third kappa shape index (κ3) is 5.14. The second-order valence-corrected chi connectivity index (χ2v) is 6.62. The Morgan fingerprint density at radius 3 is 1.83 bits per heavy atom. The second-order valence-electron chi connectivity index (χ2n) is 3.56. The maximum absolute atomic E-state index is 9.53. The predicted molar refractivity (Wildman–Crippen MR) is 77.1 cm³/mol. The Hall–Kier alpha value is -0.290. The van der Waals surface area contributed by atoms with Crippen molar-refractivity contribution in [3.05, 3.63) is 44.8 Å². The highest BCUT2D eigenvalue weighted by Gasteiger charge is 2.07. The molecule has 3 nitrogen and oxygen atoms in total. The average molecular weight is 302 g/mol. The first-order valence-corrected chi connectivity index (χ1v) is 8.53. The Kier molecular flexibility index (Phi) is 6.28. The molecular formula is C12H15O3PS2. The van der Waals surface area contributed by atoms with Gasteiger partial charge in [0.1, 0.15) is 0 Å². The maximum atomic E-state index is 9.53. The summed E-state index contributed by atoms with van der Waals surface area (Å²) in [6.07, 6.45) is 1.65. The maximum Gasteiger partial charge on any atom is 0.329 e. The lowest BCUT2D eigenvalue weighted by Crippen LogP contribution is -1.98. The van der Waals surface area contributed by atoms with Crippen molar-refractivity contribution in [3.8, 4) is 0 Å². The molecule has 0 amide bonds. The molecule has 0 spiro atoms. The molecule has 0 atom stereocenters. The fraction of sp³-hybridized carbons (Fsp3) is 0.333. The van der Waals surface area contributed by atoms with Crippen LogP contribution in [-0.2, 0) is 21.9 Å². The Labute approximate surface area is 116 Å². The molecule has 6 heteroatoms. The molecule has 0 unspecified atom stereocenters. The van der Waals surface area contributed by atoms with Gasteiger partial charge in [0.05, 0.1) is 13.2 Å². The van der Waals surface area contributed by atoms with Crippen LogP contribution in [0, 0.1) is 0 Å². The molecule has 0 aliphatic carbocycles. The van der Waals surface area contributed by atoms with Crippen LogP contribution in [0.25, 0.3) is 0 Å². The van der Waals surface area contributed by atoms with Gasteiger partial charge >= 0.3 is 8.60 Å². The molecule has 2 rings (SSSR count). The van der Waals surface area contributed by atoms with Crippen molar-refractivity contribution in [2.45, 2.75) is 12.8 Å². The van der Waals surface area contributed by atoms with E-state index in [2.05, 4.69) is 12.1 Å². The normalized spacial score (nSPS) is 11.2. The molecule has 0 aliphatic rings. The van der Waals surface area contributed by atoms with Gasteiger partial charge in [0, 0.05) is 22.6 Å². The van der Waals surface area contributed by atoms with E-state index in [1.165, 1.54) is 9.75 Å². The van der Waals surface area contributed by atoms with Crippen LogP contribution in [0.4, 0.5) is 0 Å². The summed E-state index contributed by atoms with van der Waals surface area (Å²) in [6, 6.07) is 8.15. The number of hydrogen-bond donors (Lipinski definition) is 1. The van der Waals surface area contributed by atoms with Crippen molar-refractivity contribution < 1.29 is 13.9 Å². The highest BCUT2D eigenvalue weighted by atomic mass is 32.1. The van der Waals surface area contributed by atoms with Crippen LogP contribution in [0.15, 0.2) is 35.0 Å². The number of thiophene rings is 2. The molecule has 2 aromatic heterocycles. The molecule has 0 aliphatic heterocycles. The van der Waals surface area contributed by atoms with Crippen LogP contribution in [0.5, 0.6) is 0 Å². The van der Waals surface area contributed by atoms with Crippen LogP contribution in [0.3, 0.4) is 0 Å². The van der Waals surface area contributed by atoms with Gasteiger partial charge in [-0.15, -0.1) is 22.7 Å². The smallest absolute Gasteiger partial charge is 0.328 e. The minimum atomic E-state index is -1.73. The monoisotopic (exact) mass is 302 g/mol. The molecule has 0 radical (unpaired) electrons. The van der Waals surface area contributed by atoms with Gasteiger partial charge in [-0.3, -0.25) is 0 Å². The zero-order valence-electron chi connectivity index (χ0n) is 9.82. The molecule has 98 valence electrons. The first kappa shape index (κ1) is 14.1. The van der Waals surface area contributed by atoms with Crippen molar-refractivity contribution in [3.63, 3.8) is 0 Å². The largest absolute Gasteiger partial charge is 0.329 e. The molecule has 2 heterocycles. The van der Waals surface area contributed by atoms with Gasteiger partial charge in [-0.1, -0.05) is 12.1 Å². The summed E-state index contributed by atoms with van der Waals surface area (Å²) in [4.78, 5) is 12.1. The van der Waals surface area contributed by atoms with Gasteiger partial charge in [-0.05, 0) is 22.9 Å². The molecule has 0 saturated heterocycles. The SMILES string of the molecule is OP(OCCc1cccs1)OCCc1cccs1. The molecule has 2 aromatic rings. The van der Waals surface area contributed by atoms with Crippen molar-refractivity contribution in [2.24, 2.45) is 0 Å². The van der Waals surface area contributed by atoms with E-state index < -0.39 is 8.60 Å².